The third-order valence-corrected chi connectivity index (χ3v) is 4.90. The fraction of sp³-hybridized carbons (Fsp3) is 0.286. The molecule has 2 aromatic rings. The monoisotopic (exact) mass is 416 g/mol. The summed E-state index contributed by atoms with van der Waals surface area (Å²) in [6, 6.07) is 11.6. The first-order valence-electron chi connectivity index (χ1n) is 9.12. The predicted octanol–water partition coefficient (Wildman–Crippen LogP) is 3.02. The SMILES string of the molecule is COC(=O)CC(NC(=O)COc1ccc2c(c1)CCC(=O)N2)c1ccccc1Cl. The Kier molecular flexibility index (Phi) is 6.72. The molecule has 8 heteroatoms. The topological polar surface area (TPSA) is 93.7 Å². The number of hydrogen-bond donors (Lipinski definition) is 2. The van der Waals surface area contributed by atoms with Crippen LogP contribution in [0, 0.1) is 0 Å². The maximum Gasteiger partial charge on any atom is 0.307 e. The van der Waals surface area contributed by atoms with Crippen molar-refractivity contribution >= 4 is 35.1 Å². The van der Waals surface area contributed by atoms with Crippen LogP contribution in [-0.2, 0) is 25.5 Å². The molecule has 3 rings (SSSR count). The number of fused-ring (bicyclic) bond motifs is 1. The Labute approximate surface area is 173 Å². The minimum Gasteiger partial charge on any atom is -0.484 e. The van der Waals surface area contributed by atoms with Gasteiger partial charge in [-0.1, -0.05) is 29.8 Å². The maximum absolute atomic E-state index is 12.4. The molecule has 1 unspecified atom stereocenters. The van der Waals surface area contributed by atoms with Crippen molar-refractivity contribution in [1.29, 1.82) is 0 Å². The maximum atomic E-state index is 12.4. The minimum atomic E-state index is -0.633. The molecule has 152 valence electrons. The van der Waals surface area contributed by atoms with Gasteiger partial charge in [0.05, 0.1) is 19.6 Å². The second-order valence-electron chi connectivity index (χ2n) is 6.58. The fourth-order valence-corrected chi connectivity index (χ4v) is 3.35. The number of anilines is 1. The van der Waals surface area contributed by atoms with Crippen LogP contribution in [-0.4, -0.2) is 31.5 Å². The third-order valence-electron chi connectivity index (χ3n) is 4.56. The van der Waals surface area contributed by atoms with Gasteiger partial charge in [-0.15, -0.1) is 0 Å². The summed E-state index contributed by atoms with van der Waals surface area (Å²) in [6.45, 7) is -0.229. The highest BCUT2D eigenvalue weighted by Gasteiger charge is 2.21. The Balaban J connectivity index is 1.63. The van der Waals surface area contributed by atoms with Crippen LogP contribution in [0.4, 0.5) is 5.69 Å². The standard InChI is InChI=1S/C21H21ClN2O5/c1-28-21(27)11-18(15-4-2-3-5-16(15)22)24-20(26)12-29-14-7-8-17-13(10-14)6-9-19(25)23-17/h2-5,7-8,10,18H,6,9,11-12H2,1H3,(H,23,25)(H,24,26). The number of esters is 1. The van der Waals surface area contributed by atoms with E-state index in [0.717, 1.165) is 11.3 Å². The van der Waals surface area contributed by atoms with Gasteiger partial charge in [0.2, 0.25) is 5.91 Å². The van der Waals surface area contributed by atoms with Gasteiger partial charge in [-0.25, -0.2) is 0 Å². The van der Waals surface area contributed by atoms with Gasteiger partial charge in [0.15, 0.2) is 6.61 Å². The van der Waals surface area contributed by atoms with Crippen molar-refractivity contribution in [2.45, 2.75) is 25.3 Å². The zero-order valence-corrected chi connectivity index (χ0v) is 16.6. The molecule has 2 aromatic carbocycles. The number of benzene rings is 2. The van der Waals surface area contributed by atoms with Gasteiger partial charge in [-0.2, -0.15) is 0 Å². The second-order valence-corrected chi connectivity index (χ2v) is 6.98. The van der Waals surface area contributed by atoms with E-state index in [4.69, 9.17) is 21.1 Å². The van der Waals surface area contributed by atoms with Crippen LogP contribution in [0.1, 0.15) is 30.0 Å². The summed E-state index contributed by atoms with van der Waals surface area (Å²) in [4.78, 5) is 35.6. The average molecular weight is 417 g/mol. The van der Waals surface area contributed by atoms with Gasteiger partial charge in [0, 0.05) is 17.1 Å². The van der Waals surface area contributed by atoms with Gasteiger partial charge in [-0.3, -0.25) is 14.4 Å². The largest absolute Gasteiger partial charge is 0.484 e. The molecule has 0 fully saturated rings. The Morgan fingerprint density at radius 2 is 2.00 bits per heavy atom. The van der Waals surface area contributed by atoms with Gasteiger partial charge in [0.25, 0.3) is 5.91 Å². The van der Waals surface area contributed by atoms with Crippen LogP contribution >= 0.6 is 11.6 Å². The summed E-state index contributed by atoms with van der Waals surface area (Å²) in [5, 5.41) is 6.01. The van der Waals surface area contributed by atoms with Crippen molar-refractivity contribution in [2.24, 2.45) is 0 Å². The zero-order valence-electron chi connectivity index (χ0n) is 15.9. The Morgan fingerprint density at radius 1 is 1.21 bits per heavy atom. The summed E-state index contributed by atoms with van der Waals surface area (Å²) in [7, 11) is 1.29. The highest BCUT2D eigenvalue weighted by atomic mass is 35.5. The lowest BCUT2D eigenvalue weighted by atomic mass is 10.0. The van der Waals surface area contributed by atoms with E-state index in [2.05, 4.69) is 10.6 Å². The molecule has 1 aliphatic rings. The normalized spacial score (nSPS) is 13.7. The van der Waals surface area contributed by atoms with Gasteiger partial charge < -0.3 is 20.1 Å². The lowest BCUT2D eigenvalue weighted by Crippen LogP contribution is -2.34. The molecule has 2 N–H and O–H groups in total. The molecule has 1 atom stereocenters. The number of aryl methyl sites for hydroxylation is 1. The summed E-state index contributed by atoms with van der Waals surface area (Å²) in [6.07, 6.45) is 0.993. The van der Waals surface area contributed by atoms with Gasteiger partial charge in [-0.05, 0) is 41.8 Å². The Bertz CT molecular complexity index is 931. The van der Waals surface area contributed by atoms with E-state index < -0.39 is 17.9 Å². The molecular weight excluding hydrogens is 396 g/mol. The molecular formula is C21H21ClN2O5. The number of amides is 2. The lowest BCUT2D eigenvalue weighted by Gasteiger charge is -2.20. The van der Waals surface area contributed by atoms with Crippen LogP contribution in [0.5, 0.6) is 5.75 Å². The van der Waals surface area contributed by atoms with Crippen molar-refractivity contribution in [2.75, 3.05) is 19.0 Å². The van der Waals surface area contributed by atoms with Crippen LogP contribution in [0.25, 0.3) is 0 Å². The Morgan fingerprint density at radius 3 is 2.76 bits per heavy atom. The number of carbonyl (C=O) groups excluding carboxylic acids is 3. The van der Waals surface area contributed by atoms with Crippen molar-refractivity contribution in [1.82, 2.24) is 5.32 Å². The first kappa shape index (κ1) is 20.7. The molecule has 1 aliphatic heterocycles. The van der Waals surface area contributed by atoms with Crippen molar-refractivity contribution in [3.05, 3.63) is 58.6 Å². The van der Waals surface area contributed by atoms with Crippen LogP contribution in [0.15, 0.2) is 42.5 Å². The molecule has 7 nitrogen and oxygen atoms in total. The highest BCUT2D eigenvalue weighted by Crippen LogP contribution is 2.27. The molecule has 0 radical (unpaired) electrons. The van der Waals surface area contributed by atoms with E-state index in [-0.39, 0.29) is 18.9 Å². The van der Waals surface area contributed by atoms with E-state index in [0.29, 0.717) is 29.2 Å². The number of halogens is 1. The predicted molar refractivity (Wildman–Crippen MR) is 108 cm³/mol. The molecule has 1 heterocycles. The fourth-order valence-electron chi connectivity index (χ4n) is 3.08. The van der Waals surface area contributed by atoms with Crippen molar-refractivity contribution < 1.29 is 23.9 Å². The summed E-state index contributed by atoms with van der Waals surface area (Å²) < 4.78 is 10.3. The second kappa shape index (κ2) is 9.43. The highest BCUT2D eigenvalue weighted by molar-refractivity contribution is 6.31. The van der Waals surface area contributed by atoms with E-state index in [1.807, 2.05) is 6.07 Å². The molecule has 2 amide bonds. The first-order valence-corrected chi connectivity index (χ1v) is 9.50. The molecule has 0 aliphatic carbocycles. The average Bonchev–Trinajstić information content (AvgIpc) is 2.72. The molecule has 0 saturated heterocycles. The van der Waals surface area contributed by atoms with E-state index >= 15 is 0 Å². The number of rotatable bonds is 7. The summed E-state index contributed by atoms with van der Waals surface area (Å²) in [5.74, 6) is -0.350. The lowest BCUT2D eigenvalue weighted by molar-refractivity contribution is -0.141. The number of hydrogen-bond acceptors (Lipinski definition) is 5. The molecule has 0 aromatic heterocycles. The number of carbonyl (C=O) groups is 3. The molecule has 0 saturated carbocycles. The summed E-state index contributed by atoms with van der Waals surface area (Å²) >= 11 is 6.22. The van der Waals surface area contributed by atoms with Crippen LogP contribution in [0.3, 0.4) is 0 Å². The van der Waals surface area contributed by atoms with Crippen LogP contribution in [0.2, 0.25) is 5.02 Å². The number of nitrogens with one attached hydrogen (secondary N) is 2. The zero-order chi connectivity index (χ0) is 20.8. The quantitative estimate of drug-likeness (QED) is 0.677. The van der Waals surface area contributed by atoms with Crippen molar-refractivity contribution in [3.8, 4) is 5.75 Å². The smallest absolute Gasteiger partial charge is 0.307 e. The van der Waals surface area contributed by atoms with Gasteiger partial charge in [0.1, 0.15) is 5.75 Å². The Hall–Kier alpha value is -3.06. The first-order chi connectivity index (χ1) is 14.0. The molecule has 0 bridgehead atoms. The molecule has 0 spiro atoms. The van der Waals surface area contributed by atoms with Crippen molar-refractivity contribution in [3.63, 3.8) is 0 Å². The van der Waals surface area contributed by atoms with Gasteiger partial charge >= 0.3 is 5.97 Å². The number of ether oxygens (including phenoxy) is 2. The van der Waals surface area contributed by atoms with E-state index in [9.17, 15) is 14.4 Å². The van der Waals surface area contributed by atoms with Crippen LogP contribution < -0.4 is 15.4 Å². The van der Waals surface area contributed by atoms with E-state index in [1.54, 1.807) is 36.4 Å². The molecule has 29 heavy (non-hydrogen) atoms. The van der Waals surface area contributed by atoms with E-state index in [1.165, 1.54) is 7.11 Å². The minimum absolute atomic E-state index is 0.0123. The summed E-state index contributed by atoms with van der Waals surface area (Å²) in [5.41, 5.74) is 2.34. The number of methoxy groups -OCH3 is 1. The third kappa shape index (κ3) is 5.48.